The van der Waals surface area contributed by atoms with Crippen molar-refractivity contribution in [2.75, 3.05) is 0 Å². The van der Waals surface area contributed by atoms with Crippen molar-refractivity contribution in [1.29, 1.82) is 0 Å². The molecule has 0 aliphatic heterocycles. The van der Waals surface area contributed by atoms with E-state index in [9.17, 15) is 18.0 Å². The second-order valence-corrected chi connectivity index (χ2v) is 6.47. The summed E-state index contributed by atoms with van der Waals surface area (Å²) in [6, 6.07) is 10.6. The molecular formula is C18H10F3N3O2S. The summed E-state index contributed by atoms with van der Waals surface area (Å²) in [6.45, 7) is 0. The van der Waals surface area contributed by atoms with Crippen LogP contribution < -0.4 is 9.48 Å². The molecule has 0 aliphatic rings. The highest BCUT2D eigenvalue weighted by Gasteiger charge is 2.33. The Bertz CT molecular complexity index is 1170. The maximum Gasteiger partial charge on any atom is 0.573 e. The lowest BCUT2D eigenvalue weighted by atomic mass is 10.0. The van der Waals surface area contributed by atoms with Crippen LogP contribution in [0.1, 0.15) is 0 Å². The zero-order valence-electron chi connectivity index (χ0n) is 13.5. The van der Waals surface area contributed by atoms with E-state index < -0.39 is 16.9 Å². The molecule has 0 saturated carbocycles. The quantitative estimate of drug-likeness (QED) is 0.521. The van der Waals surface area contributed by atoms with Gasteiger partial charge in [0.15, 0.2) is 0 Å². The number of alkyl halides is 3. The summed E-state index contributed by atoms with van der Waals surface area (Å²) in [7, 11) is 0. The van der Waals surface area contributed by atoms with Gasteiger partial charge in [-0.1, -0.05) is 29.5 Å². The summed E-state index contributed by atoms with van der Waals surface area (Å²) >= 11 is 0.905. The van der Waals surface area contributed by atoms with E-state index in [1.165, 1.54) is 35.1 Å². The number of ether oxygens (including phenoxy) is 1. The normalized spacial score (nSPS) is 11.7. The van der Waals surface area contributed by atoms with Gasteiger partial charge in [0.05, 0.1) is 10.3 Å². The number of hydrogen-bond donors (Lipinski definition) is 0. The Kier molecular flexibility index (Phi) is 4.15. The van der Waals surface area contributed by atoms with Crippen LogP contribution in [-0.4, -0.2) is 21.1 Å². The number of rotatable bonds is 3. The van der Waals surface area contributed by atoms with Gasteiger partial charge in [-0.2, -0.15) is 5.10 Å². The van der Waals surface area contributed by atoms with Crippen molar-refractivity contribution >= 4 is 21.6 Å². The van der Waals surface area contributed by atoms with E-state index in [0.29, 0.717) is 15.9 Å². The number of fused-ring (bicyclic) bond motifs is 1. The van der Waals surface area contributed by atoms with Gasteiger partial charge in [-0.15, -0.1) is 13.2 Å². The molecule has 0 unspecified atom stereocenters. The summed E-state index contributed by atoms with van der Waals surface area (Å²) in [5, 5.41) is 4.15. The molecule has 0 fully saturated rings. The molecule has 9 heteroatoms. The molecule has 0 bridgehead atoms. The van der Waals surface area contributed by atoms with Crippen LogP contribution in [0.5, 0.6) is 5.75 Å². The average molecular weight is 389 g/mol. The van der Waals surface area contributed by atoms with Crippen molar-refractivity contribution in [1.82, 2.24) is 14.8 Å². The first-order chi connectivity index (χ1) is 12.9. The van der Waals surface area contributed by atoms with E-state index in [2.05, 4.69) is 14.8 Å². The van der Waals surface area contributed by atoms with Gasteiger partial charge >= 0.3 is 6.36 Å². The SMILES string of the molecule is O=c1sc2cccnc2c(-n2cccn2)c1-c1ccccc1OC(F)(F)F. The molecule has 0 spiro atoms. The molecule has 4 aromatic rings. The van der Waals surface area contributed by atoms with Crippen molar-refractivity contribution in [3.8, 4) is 22.6 Å². The van der Waals surface area contributed by atoms with Gasteiger partial charge in [-0.05, 0) is 24.3 Å². The molecule has 0 atom stereocenters. The first kappa shape index (κ1) is 17.2. The van der Waals surface area contributed by atoms with Crippen LogP contribution >= 0.6 is 11.3 Å². The number of aromatic nitrogens is 3. The summed E-state index contributed by atoms with van der Waals surface area (Å²) < 4.78 is 44.3. The molecule has 0 aliphatic carbocycles. The fraction of sp³-hybridized carbons (Fsp3) is 0.0556. The average Bonchev–Trinajstić information content (AvgIpc) is 3.14. The largest absolute Gasteiger partial charge is 0.573 e. The second-order valence-electron chi connectivity index (χ2n) is 5.46. The van der Waals surface area contributed by atoms with Crippen LogP contribution in [0.4, 0.5) is 13.2 Å². The predicted octanol–water partition coefficient (Wildman–Crippen LogP) is 4.41. The lowest BCUT2D eigenvalue weighted by Gasteiger charge is -2.16. The molecule has 0 radical (unpaired) electrons. The minimum absolute atomic E-state index is 0.0223. The first-order valence-electron chi connectivity index (χ1n) is 7.71. The van der Waals surface area contributed by atoms with E-state index >= 15 is 0 Å². The Hall–Kier alpha value is -3.20. The van der Waals surface area contributed by atoms with Gasteiger partial charge in [0, 0.05) is 24.2 Å². The number of halogens is 3. The Morgan fingerprint density at radius 3 is 2.59 bits per heavy atom. The van der Waals surface area contributed by atoms with Crippen molar-refractivity contribution in [2.24, 2.45) is 0 Å². The molecule has 136 valence electrons. The molecule has 3 aromatic heterocycles. The maximum absolute atomic E-state index is 12.9. The third-order valence-corrected chi connectivity index (χ3v) is 4.69. The zero-order chi connectivity index (χ0) is 19.0. The molecule has 4 rings (SSSR count). The van der Waals surface area contributed by atoms with Crippen LogP contribution in [0.2, 0.25) is 0 Å². The summed E-state index contributed by atoms with van der Waals surface area (Å²) in [5.41, 5.74) is 0.837. The van der Waals surface area contributed by atoms with Crippen LogP contribution in [-0.2, 0) is 0 Å². The van der Waals surface area contributed by atoms with Crippen LogP contribution in [0, 0.1) is 0 Å². The van der Waals surface area contributed by atoms with Crippen LogP contribution in [0.15, 0.2) is 65.8 Å². The Morgan fingerprint density at radius 1 is 1.04 bits per heavy atom. The molecule has 27 heavy (non-hydrogen) atoms. The van der Waals surface area contributed by atoms with E-state index in [4.69, 9.17) is 0 Å². The van der Waals surface area contributed by atoms with E-state index in [-0.39, 0.29) is 11.1 Å². The van der Waals surface area contributed by atoms with E-state index in [1.807, 2.05) is 0 Å². The standard InChI is InChI=1S/C18H10F3N3O2S/c19-18(20,21)26-12-6-2-1-5-11(12)14-16(24-10-4-9-23-24)15-13(27-17(14)25)7-3-8-22-15/h1-10H. The van der Waals surface area contributed by atoms with Gasteiger partial charge in [-0.3, -0.25) is 9.78 Å². The van der Waals surface area contributed by atoms with Crippen LogP contribution in [0.25, 0.3) is 27.0 Å². The Morgan fingerprint density at radius 2 is 1.85 bits per heavy atom. The van der Waals surface area contributed by atoms with Crippen molar-refractivity contribution < 1.29 is 17.9 Å². The molecule has 0 saturated heterocycles. The van der Waals surface area contributed by atoms with Gasteiger partial charge in [0.25, 0.3) is 0 Å². The molecule has 5 nitrogen and oxygen atoms in total. The maximum atomic E-state index is 12.9. The van der Waals surface area contributed by atoms with Gasteiger partial charge < -0.3 is 4.74 Å². The summed E-state index contributed by atoms with van der Waals surface area (Å²) in [5.74, 6) is -0.460. The van der Waals surface area contributed by atoms with Gasteiger partial charge in [-0.25, -0.2) is 4.68 Å². The second kappa shape index (κ2) is 6.51. The number of pyridine rings is 1. The number of hydrogen-bond acceptors (Lipinski definition) is 5. The minimum Gasteiger partial charge on any atom is -0.405 e. The molecule has 0 amide bonds. The highest BCUT2D eigenvalue weighted by Crippen LogP contribution is 2.37. The minimum atomic E-state index is -4.89. The fourth-order valence-corrected chi connectivity index (χ4v) is 3.67. The highest BCUT2D eigenvalue weighted by molar-refractivity contribution is 7.16. The van der Waals surface area contributed by atoms with Crippen LogP contribution in [0.3, 0.4) is 0 Å². The van der Waals surface area contributed by atoms with Crippen molar-refractivity contribution in [3.05, 3.63) is 70.6 Å². The topological polar surface area (TPSA) is 57.0 Å². The number of para-hydroxylation sites is 1. The predicted molar refractivity (Wildman–Crippen MR) is 95.1 cm³/mol. The van der Waals surface area contributed by atoms with E-state index in [1.54, 1.807) is 30.6 Å². The number of benzene rings is 1. The lowest BCUT2D eigenvalue weighted by Crippen LogP contribution is -2.18. The van der Waals surface area contributed by atoms with Crippen molar-refractivity contribution in [2.45, 2.75) is 6.36 Å². The number of nitrogens with zero attached hydrogens (tertiary/aromatic N) is 3. The van der Waals surface area contributed by atoms with Crippen molar-refractivity contribution in [3.63, 3.8) is 0 Å². The molecule has 0 N–H and O–H groups in total. The fourth-order valence-electron chi connectivity index (χ4n) is 2.77. The summed E-state index contributed by atoms with van der Waals surface area (Å²) in [6.07, 6.45) is -0.222. The van der Waals surface area contributed by atoms with Gasteiger partial charge in [0.1, 0.15) is 17.0 Å². The molecule has 3 heterocycles. The summed E-state index contributed by atoms with van der Waals surface area (Å²) in [4.78, 5) is 17.2. The highest BCUT2D eigenvalue weighted by atomic mass is 32.1. The van der Waals surface area contributed by atoms with E-state index in [0.717, 1.165) is 11.3 Å². The third-order valence-electron chi connectivity index (χ3n) is 3.75. The monoisotopic (exact) mass is 389 g/mol. The first-order valence-corrected chi connectivity index (χ1v) is 8.53. The Labute approximate surface area is 154 Å². The zero-order valence-corrected chi connectivity index (χ0v) is 14.3. The third kappa shape index (κ3) is 3.28. The lowest BCUT2D eigenvalue weighted by molar-refractivity contribution is -0.274. The molecule has 1 aromatic carbocycles. The van der Waals surface area contributed by atoms with Gasteiger partial charge in [0.2, 0.25) is 4.74 Å². The smallest absolute Gasteiger partial charge is 0.405 e. The molecular weight excluding hydrogens is 379 g/mol. The Balaban J connectivity index is 2.09.